The van der Waals surface area contributed by atoms with E-state index in [2.05, 4.69) is 10.1 Å². The van der Waals surface area contributed by atoms with E-state index in [9.17, 15) is 18.7 Å². The molecule has 0 saturated heterocycles. The zero-order valence-corrected chi connectivity index (χ0v) is 14.7. The van der Waals surface area contributed by atoms with Crippen molar-refractivity contribution >= 4 is 5.91 Å². The van der Waals surface area contributed by atoms with E-state index in [1.807, 2.05) is 0 Å². The zero-order chi connectivity index (χ0) is 18.4. The molecule has 4 nitrogen and oxygen atoms in total. The minimum atomic E-state index is -2.89. The zero-order valence-electron chi connectivity index (χ0n) is 14.7. The van der Waals surface area contributed by atoms with Gasteiger partial charge >= 0.3 is 6.61 Å². The van der Waals surface area contributed by atoms with Gasteiger partial charge in [0.25, 0.3) is 0 Å². The molecule has 1 aromatic rings. The SMILES string of the molecule is O=C(CC12CC3CC(CC(O)(C3)C1)C2)NCc1ccccc1OC(F)F. The molecule has 142 valence electrons. The van der Waals surface area contributed by atoms with E-state index in [0.717, 1.165) is 25.7 Å². The maximum absolute atomic E-state index is 12.6. The number of carbonyl (C=O) groups is 1. The Balaban J connectivity index is 1.38. The van der Waals surface area contributed by atoms with Crippen LogP contribution in [-0.4, -0.2) is 23.2 Å². The first-order chi connectivity index (χ1) is 12.3. The fourth-order valence-corrected chi connectivity index (χ4v) is 6.07. The lowest BCUT2D eigenvalue weighted by molar-refractivity contribution is -0.169. The summed E-state index contributed by atoms with van der Waals surface area (Å²) >= 11 is 0. The Morgan fingerprint density at radius 2 is 1.92 bits per heavy atom. The summed E-state index contributed by atoms with van der Waals surface area (Å²) in [6, 6.07) is 6.50. The van der Waals surface area contributed by atoms with E-state index >= 15 is 0 Å². The predicted molar refractivity (Wildman–Crippen MR) is 91.6 cm³/mol. The summed E-state index contributed by atoms with van der Waals surface area (Å²) < 4.78 is 29.5. The Bertz CT molecular complexity index is 679. The Labute approximate surface area is 151 Å². The summed E-state index contributed by atoms with van der Waals surface area (Å²) in [5.74, 6) is 1.08. The molecule has 6 heteroatoms. The molecular weight excluding hydrogens is 340 g/mol. The van der Waals surface area contributed by atoms with Crippen LogP contribution in [0.15, 0.2) is 24.3 Å². The lowest BCUT2D eigenvalue weighted by Gasteiger charge is -2.60. The summed E-state index contributed by atoms with van der Waals surface area (Å²) in [6.07, 6.45) is 6.10. The number of nitrogens with one attached hydrogen (secondary N) is 1. The third-order valence-corrected chi connectivity index (χ3v) is 6.35. The molecule has 1 amide bonds. The topological polar surface area (TPSA) is 58.6 Å². The minimum Gasteiger partial charge on any atom is -0.434 e. The first-order valence-corrected chi connectivity index (χ1v) is 9.37. The van der Waals surface area contributed by atoms with Crippen LogP contribution in [0.25, 0.3) is 0 Å². The van der Waals surface area contributed by atoms with Crippen LogP contribution in [0.1, 0.15) is 50.5 Å². The van der Waals surface area contributed by atoms with Gasteiger partial charge in [0.15, 0.2) is 0 Å². The third-order valence-electron chi connectivity index (χ3n) is 6.35. The van der Waals surface area contributed by atoms with Crippen LogP contribution in [0, 0.1) is 17.3 Å². The van der Waals surface area contributed by atoms with Gasteiger partial charge in [0.1, 0.15) is 5.75 Å². The van der Waals surface area contributed by atoms with Crippen LogP contribution >= 0.6 is 0 Å². The Hall–Kier alpha value is -1.69. The Morgan fingerprint density at radius 3 is 2.58 bits per heavy atom. The van der Waals surface area contributed by atoms with Crippen molar-refractivity contribution in [3.05, 3.63) is 29.8 Å². The van der Waals surface area contributed by atoms with Gasteiger partial charge in [-0.1, -0.05) is 18.2 Å². The number of rotatable bonds is 6. The van der Waals surface area contributed by atoms with E-state index in [0.29, 0.717) is 30.2 Å². The molecule has 2 N–H and O–H groups in total. The molecule has 4 fully saturated rings. The molecule has 4 bridgehead atoms. The Morgan fingerprint density at radius 1 is 1.23 bits per heavy atom. The molecule has 2 atom stereocenters. The number of alkyl halides is 2. The van der Waals surface area contributed by atoms with E-state index < -0.39 is 12.2 Å². The molecule has 2 unspecified atom stereocenters. The Kier molecular flexibility index (Phi) is 4.41. The molecular formula is C20H25F2NO3. The molecule has 0 radical (unpaired) electrons. The van der Waals surface area contributed by atoms with Gasteiger partial charge in [-0.3, -0.25) is 4.79 Å². The number of amides is 1. The van der Waals surface area contributed by atoms with Gasteiger partial charge in [0, 0.05) is 18.5 Å². The van der Waals surface area contributed by atoms with Crippen LogP contribution in [0.4, 0.5) is 8.78 Å². The summed E-state index contributed by atoms with van der Waals surface area (Å²) in [5, 5.41) is 13.6. The highest BCUT2D eigenvalue weighted by atomic mass is 19.3. The highest BCUT2D eigenvalue weighted by molar-refractivity contribution is 5.77. The second kappa shape index (κ2) is 6.48. The van der Waals surface area contributed by atoms with Crippen LogP contribution < -0.4 is 10.1 Å². The normalized spacial score (nSPS) is 34.9. The maximum atomic E-state index is 12.6. The predicted octanol–water partition coefficient (Wildman–Crippen LogP) is 3.63. The van der Waals surface area contributed by atoms with Gasteiger partial charge < -0.3 is 15.2 Å². The van der Waals surface area contributed by atoms with Crippen molar-refractivity contribution in [1.29, 1.82) is 0 Å². The van der Waals surface area contributed by atoms with E-state index in [4.69, 9.17) is 0 Å². The molecule has 4 saturated carbocycles. The average Bonchev–Trinajstić information content (AvgIpc) is 2.50. The minimum absolute atomic E-state index is 0.0811. The number of carbonyl (C=O) groups excluding carboxylic acids is 1. The van der Waals surface area contributed by atoms with Gasteiger partial charge in [-0.2, -0.15) is 8.78 Å². The van der Waals surface area contributed by atoms with Crippen LogP contribution in [0.5, 0.6) is 5.75 Å². The molecule has 0 heterocycles. The van der Waals surface area contributed by atoms with E-state index in [1.165, 1.54) is 12.5 Å². The third kappa shape index (κ3) is 3.56. The summed E-state index contributed by atoms with van der Waals surface area (Å²) in [7, 11) is 0. The lowest BCUT2D eigenvalue weighted by Crippen LogP contribution is -2.56. The lowest BCUT2D eigenvalue weighted by atomic mass is 9.47. The largest absolute Gasteiger partial charge is 0.434 e. The van der Waals surface area contributed by atoms with Crippen molar-refractivity contribution in [3.63, 3.8) is 0 Å². The second-order valence-corrected chi connectivity index (χ2v) is 8.63. The average molecular weight is 365 g/mol. The van der Waals surface area contributed by atoms with Crippen molar-refractivity contribution in [2.24, 2.45) is 17.3 Å². The van der Waals surface area contributed by atoms with Gasteiger partial charge in [-0.15, -0.1) is 0 Å². The number of hydrogen-bond acceptors (Lipinski definition) is 3. The number of ether oxygens (including phenoxy) is 1. The van der Waals surface area contributed by atoms with Crippen molar-refractivity contribution in [2.45, 2.75) is 63.7 Å². The van der Waals surface area contributed by atoms with Crippen molar-refractivity contribution in [2.75, 3.05) is 0 Å². The highest BCUT2D eigenvalue weighted by Crippen LogP contribution is 2.62. The van der Waals surface area contributed by atoms with Gasteiger partial charge in [0.05, 0.1) is 5.60 Å². The van der Waals surface area contributed by atoms with Gasteiger partial charge in [-0.05, 0) is 61.8 Å². The first kappa shape index (κ1) is 17.7. The van der Waals surface area contributed by atoms with E-state index in [1.54, 1.807) is 18.2 Å². The second-order valence-electron chi connectivity index (χ2n) is 8.63. The molecule has 26 heavy (non-hydrogen) atoms. The molecule has 0 aromatic heterocycles. The van der Waals surface area contributed by atoms with Gasteiger partial charge in [0.2, 0.25) is 5.91 Å². The fraction of sp³-hybridized carbons (Fsp3) is 0.650. The summed E-state index contributed by atoms with van der Waals surface area (Å²) in [6.45, 7) is -2.73. The summed E-state index contributed by atoms with van der Waals surface area (Å²) in [5.41, 5.74) is -0.144. The number of benzene rings is 1. The van der Waals surface area contributed by atoms with E-state index in [-0.39, 0.29) is 23.6 Å². The van der Waals surface area contributed by atoms with Crippen LogP contribution in [0.2, 0.25) is 0 Å². The van der Waals surface area contributed by atoms with Crippen molar-refractivity contribution in [1.82, 2.24) is 5.32 Å². The molecule has 0 aliphatic heterocycles. The quantitative estimate of drug-likeness (QED) is 0.809. The molecule has 0 spiro atoms. The van der Waals surface area contributed by atoms with Crippen LogP contribution in [-0.2, 0) is 11.3 Å². The molecule has 4 aliphatic rings. The number of halogens is 2. The molecule has 1 aromatic carbocycles. The van der Waals surface area contributed by atoms with Gasteiger partial charge in [-0.25, -0.2) is 0 Å². The summed E-state index contributed by atoms with van der Waals surface area (Å²) in [4.78, 5) is 12.6. The number of hydrogen-bond donors (Lipinski definition) is 2. The number of para-hydroxylation sites is 1. The van der Waals surface area contributed by atoms with Crippen molar-refractivity contribution < 1.29 is 23.4 Å². The molecule has 5 rings (SSSR count). The highest BCUT2D eigenvalue weighted by Gasteiger charge is 2.57. The van der Waals surface area contributed by atoms with Crippen molar-refractivity contribution in [3.8, 4) is 5.75 Å². The monoisotopic (exact) mass is 365 g/mol. The van der Waals surface area contributed by atoms with Crippen LogP contribution in [0.3, 0.4) is 0 Å². The smallest absolute Gasteiger partial charge is 0.387 e. The molecule has 4 aliphatic carbocycles. The first-order valence-electron chi connectivity index (χ1n) is 9.37. The number of aliphatic hydroxyl groups is 1. The maximum Gasteiger partial charge on any atom is 0.387 e. The standard InChI is InChI=1S/C20H25F2NO3/c21-18(22)26-16-4-2-1-3-15(16)11-23-17(24)10-19-6-13-5-14(7-19)9-20(25,8-13)12-19/h1-4,13-14,18,25H,5-12H2,(H,23,24). The fourth-order valence-electron chi connectivity index (χ4n) is 6.07.